The summed E-state index contributed by atoms with van der Waals surface area (Å²) in [5.41, 5.74) is 1.14. The predicted octanol–water partition coefficient (Wildman–Crippen LogP) is 3.37. The van der Waals surface area contributed by atoms with Gasteiger partial charge in [0.1, 0.15) is 0 Å². The van der Waals surface area contributed by atoms with Gasteiger partial charge in [0.15, 0.2) is 0 Å². The van der Waals surface area contributed by atoms with E-state index >= 15 is 0 Å². The Balaban J connectivity index is 2.34. The summed E-state index contributed by atoms with van der Waals surface area (Å²) in [6.07, 6.45) is 0. The Hall–Kier alpha value is -0.570. The van der Waals surface area contributed by atoms with Crippen molar-refractivity contribution in [3.05, 3.63) is 35.9 Å². The maximum atomic E-state index is 5.97. The summed E-state index contributed by atoms with van der Waals surface area (Å²) in [4.78, 5) is 0. The van der Waals surface area contributed by atoms with Gasteiger partial charge < -0.3 is 10.1 Å². The molecule has 0 aliphatic carbocycles. The third-order valence-corrected chi connectivity index (χ3v) is 2.69. The molecule has 1 N–H and O–H groups in total. The summed E-state index contributed by atoms with van der Waals surface area (Å²) in [5.74, 6) is 0.569. The number of hydrogen-bond donors (Lipinski definition) is 1. The van der Waals surface area contributed by atoms with E-state index < -0.39 is 0 Å². The lowest BCUT2D eigenvalue weighted by Crippen LogP contribution is -2.30. The summed E-state index contributed by atoms with van der Waals surface area (Å²) in [6, 6.07) is 10.4. The topological polar surface area (TPSA) is 21.3 Å². The first-order chi connectivity index (χ1) is 8.03. The van der Waals surface area contributed by atoms with Crippen molar-refractivity contribution in [2.75, 3.05) is 19.0 Å². The second-order valence-corrected chi connectivity index (χ2v) is 5.34. The largest absolute Gasteiger partial charge is 0.375 e. The summed E-state index contributed by atoms with van der Waals surface area (Å²) >= 11 is 5.97. The van der Waals surface area contributed by atoms with E-state index in [2.05, 4.69) is 38.2 Å². The molecule has 0 saturated heterocycles. The van der Waals surface area contributed by atoms with E-state index in [-0.39, 0.29) is 11.6 Å². The summed E-state index contributed by atoms with van der Waals surface area (Å²) in [7, 11) is 0. The summed E-state index contributed by atoms with van der Waals surface area (Å²) < 4.78 is 5.65. The number of hydrogen-bond acceptors (Lipinski definition) is 2. The Kier molecular flexibility index (Phi) is 5.96. The lowest BCUT2D eigenvalue weighted by molar-refractivity contribution is -0.00146. The third-order valence-electron chi connectivity index (χ3n) is 2.38. The van der Waals surface area contributed by atoms with Gasteiger partial charge in [-0.1, -0.05) is 30.3 Å². The van der Waals surface area contributed by atoms with Gasteiger partial charge in [0.25, 0.3) is 0 Å². The van der Waals surface area contributed by atoms with Gasteiger partial charge in [-0.05, 0) is 26.3 Å². The highest BCUT2D eigenvalue weighted by Gasteiger charge is 2.11. The van der Waals surface area contributed by atoms with Crippen molar-refractivity contribution in [3.8, 4) is 0 Å². The van der Waals surface area contributed by atoms with Crippen molar-refractivity contribution >= 4 is 11.6 Å². The molecule has 1 unspecified atom stereocenters. The molecule has 0 heterocycles. The SMILES string of the molecule is CC(C)(C)OCCNC(CCl)c1ccccc1. The molecule has 0 aliphatic rings. The molecule has 0 fully saturated rings. The highest BCUT2D eigenvalue weighted by atomic mass is 35.5. The minimum absolute atomic E-state index is 0.0785. The van der Waals surface area contributed by atoms with Crippen LogP contribution in [0, 0.1) is 0 Å². The van der Waals surface area contributed by atoms with Crippen LogP contribution in [-0.2, 0) is 4.74 Å². The van der Waals surface area contributed by atoms with Crippen molar-refractivity contribution < 1.29 is 4.74 Å². The molecule has 0 saturated carbocycles. The van der Waals surface area contributed by atoms with Crippen LogP contribution < -0.4 is 5.32 Å². The minimum Gasteiger partial charge on any atom is -0.375 e. The van der Waals surface area contributed by atoms with E-state index in [1.165, 1.54) is 5.56 Å². The normalized spacial score (nSPS) is 13.6. The molecule has 1 rings (SSSR count). The van der Waals surface area contributed by atoms with Crippen LogP contribution in [0.5, 0.6) is 0 Å². The van der Waals surface area contributed by atoms with Crippen LogP contribution in [0.15, 0.2) is 30.3 Å². The van der Waals surface area contributed by atoms with Crippen LogP contribution >= 0.6 is 11.6 Å². The fourth-order valence-corrected chi connectivity index (χ4v) is 1.82. The number of alkyl halides is 1. The number of rotatable bonds is 6. The average Bonchev–Trinajstić information content (AvgIpc) is 2.29. The highest BCUT2D eigenvalue weighted by molar-refractivity contribution is 6.18. The van der Waals surface area contributed by atoms with Crippen LogP contribution in [0.2, 0.25) is 0 Å². The fourth-order valence-electron chi connectivity index (χ4n) is 1.54. The predicted molar refractivity (Wildman–Crippen MR) is 73.6 cm³/mol. The molecule has 1 aromatic carbocycles. The van der Waals surface area contributed by atoms with E-state index in [9.17, 15) is 0 Å². The zero-order chi connectivity index (χ0) is 12.7. The van der Waals surface area contributed by atoms with Gasteiger partial charge in [-0.25, -0.2) is 0 Å². The molecule has 1 atom stereocenters. The summed E-state index contributed by atoms with van der Waals surface area (Å²) in [5, 5.41) is 3.40. The Labute approximate surface area is 109 Å². The molecule has 96 valence electrons. The van der Waals surface area contributed by atoms with Crippen LogP contribution in [0.1, 0.15) is 32.4 Å². The van der Waals surface area contributed by atoms with Gasteiger partial charge in [0, 0.05) is 18.5 Å². The molecule has 1 aromatic rings. The van der Waals surface area contributed by atoms with E-state index in [4.69, 9.17) is 16.3 Å². The maximum Gasteiger partial charge on any atom is 0.0599 e. The Bertz CT molecular complexity index is 308. The fraction of sp³-hybridized carbons (Fsp3) is 0.571. The zero-order valence-electron chi connectivity index (χ0n) is 10.9. The van der Waals surface area contributed by atoms with Gasteiger partial charge in [-0.2, -0.15) is 0 Å². The Morgan fingerprint density at radius 3 is 2.41 bits per heavy atom. The van der Waals surface area contributed by atoms with Crippen molar-refractivity contribution in [1.29, 1.82) is 0 Å². The zero-order valence-corrected chi connectivity index (χ0v) is 11.6. The molecule has 2 nitrogen and oxygen atoms in total. The van der Waals surface area contributed by atoms with E-state index in [1.807, 2.05) is 18.2 Å². The number of benzene rings is 1. The van der Waals surface area contributed by atoms with Crippen molar-refractivity contribution in [1.82, 2.24) is 5.32 Å². The number of ether oxygens (including phenoxy) is 1. The molecule has 0 spiro atoms. The van der Waals surface area contributed by atoms with Crippen LogP contribution in [0.3, 0.4) is 0 Å². The van der Waals surface area contributed by atoms with Gasteiger partial charge in [0.2, 0.25) is 0 Å². The first kappa shape index (κ1) is 14.5. The lowest BCUT2D eigenvalue weighted by Gasteiger charge is -2.21. The number of halogens is 1. The number of nitrogens with one attached hydrogen (secondary N) is 1. The summed E-state index contributed by atoms with van der Waals surface area (Å²) in [6.45, 7) is 7.68. The van der Waals surface area contributed by atoms with E-state index in [0.717, 1.165) is 6.54 Å². The third kappa shape index (κ3) is 6.06. The molecule has 3 heteroatoms. The van der Waals surface area contributed by atoms with Crippen LogP contribution in [-0.4, -0.2) is 24.6 Å². The van der Waals surface area contributed by atoms with Crippen molar-refractivity contribution in [3.63, 3.8) is 0 Å². The van der Waals surface area contributed by atoms with Gasteiger partial charge in [0.05, 0.1) is 12.2 Å². The van der Waals surface area contributed by atoms with Gasteiger partial charge in [-0.3, -0.25) is 0 Å². The first-order valence-electron chi connectivity index (χ1n) is 6.01. The first-order valence-corrected chi connectivity index (χ1v) is 6.54. The molecule has 0 radical (unpaired) electrons. The van der Waals surface area contributed by atoms with E-state index in [1.54, 1.807) is 0 Å². The molecule has 0 aliphatic heterocycles. The Morgan fingerprint density at radius 1 is 1.24 bits per heavy atom. The van der Waals surface area contributed by atoms with Gasteiger partial charge in [-0.15, -0.1) is 11.6 Å². The lowest BCUT2D eigenvalue weighted by atomic mass is 10.1. The second kappa shape index (κ2) is 7.00. The molecule has 0 bridgehead atoms. The monoisotopic (exact) mass is 255 g/mol. The van der Waals surface area contributed by atoms with Crippen LogP contribution in [0.25, 0.3) is 0 Å². The van der Waals surface area contributed by atoms with Crippen molar-refractivity contribution in [2.45, 2.75) is 32.4 Å². The highest BCUT2D eigenvalue weighted by Crippen LogP contribution is 2.13. The smallest absolute Gasteiger partial charge is 0.0599 e. The maximum absolute atomic E-state index is 5.97. The van der Waals surface area contributed by atoms with Crippen molar-refractivity contribution in [2.24, 2.45) is 0 Å². The van der Waals surface area contributed by atoms with Gasteiger partial charge >= 0.3 is 0 Å². The van der Waals surface area contributed by atoms with E-state index in [0.29, 0.717) is 12.5 Å². The second-order valence-electron chi connectivity index (χ2n) is 5.03. The minimum atomic E-state index is -0.0785. The molecule has 0 aromatic heterocycles. The molecular formula is C14H22ClNO. The standard InChI is InChI=1S/C14H22ClNO/c1-14(2,3)17-10-9-16-13(11-15)12-7-5-4-6-8-12/h4-8,13,16H,9-11H2,1-3H3. The van der Waals surface area contributed by atoms with Crippen LogP contribution in [0.4, 0.5) is 0 Å². The quantitative estimate of drug-likeness (QED) is 0.622. The molecule has 17 heavy (non-hydrogen) atoms. The average molecular weight is 256 g/mol. The molecular weight excluding hydrogens is 234 g/mol. The Morgan fingerprint density at radius 2 is 1.88 bits per heavy atom. The molecule has 0 amide bonds.